The molecule has 0 fully saturated rings. The first kappa shape index (κ1) is 17.6. The van der Waals surface area contributed by atoms with Gasteiger partial charge in [-0.25, -0.2) is 0 Å². The molecule has 0 heterocycles. The molecule has 0 bridgehead atoms. The highest BCUT2D eigenvalue weighted by Gasteiger charge is 2.05. The number of hydrogen-bond donors (Lipinski definition) is 0. The van der Waals surface area contributed by atoms with Crippen molar-refractivity contribution in [1.29, 1.82) is 0 Å². The number of carbonyl (C=O) groups excluding carboxylic acids is 1. The molecule has 0 spiro atoms. The van der Waals surface area contributed by atoms with Crippen LogP contribution in [-0.2, 0) is 4.74 Å². The van der Waals surface area contributed by atoms with Gasteiger partial charge >= 0.3 is 0 Å². The van der Waals surface area contributed by atoms with Crippen LogP contribution in [0.1, 0.15) is 15.9 Å². The van der Waals surface area contributed by atoms with Crippen molar-refractivity contribution in [2.45, 2.75) is 0 Å². The van der Waals surface area contributed by atoms with E-state index in [2.05, 4.69) is 0 Å². The van der Waals surface area contributed by atoms with E-state index in [4.69, 9.17) is 18.9 Å². The number of ketones is 1. The molecule has 0 unspecified atom stereocenters. The second-order valence-electron chi connectivity index (χ2n) is 4.88. The second-order valence-corrected chi connectivity index (χ2v) is 4.88. The maximum absolute atomic E-state index is 12.2. The molecule has 0 N–H and O–H groups in total. The summed E-state index contributed by atoms with van der Waals surface area (Å²) in [5, 5.41) is 0. The number of carbonyl (C=O) groups is 1. The number of ether oxygens (including phenoxy) is 4. The fourth-order valence-electron chi connectivity index (χ4n) is 2.06. The van der Waals surface area contributed by atoms with Gasteiger partial charge in [0.15, 0.2) is 12.6 Å². The average molecular weight is 328 g/mol. The van der Waals surface area contributed by atoms with Crippen LogP contribution in [0.5, 0.6) is 17.2 Å². The topological polar surface area (TPSA) is 54.0 Å². The molecule has 126 valence electrons. The van der Waals surface area contributed by atoms with Crippen molar-refractivity contribution < 1.29 is 23.7 Å². The van der Waals surface area contributed by atoms with Gasteiger partial charge in [0.05, 0.1) is 14.2 Å². The zero-order valence-electron chi connectivity index (χ0n) is 13.9. The number of benzene rings is 2. The summed E-state index contributed by atoms with van der Waals surface area (Å²) in [6.07, 6.45) is 3.23. The predicted molar refractivity (Wildman–Crippen MR) is 91.9 cm³/mol. The summed E-state index contributed by atoms with van der Waals surface area (Å²) in [5.41, 5.74) is 1.37. The Kier molecular flexibility index (Phi) is 6.40. The zero-order chi connectivity index (χ0) is 17.4. The third-order valence-electron chi connectivity index (χ3n) is 3.34. The van der Waals surface area contributed by atoms with Gasteiger partial charge in [-0.3, -0.25) is 4.79 Å². The quantitative estimate of drug-likeness (QED) is 0.421. The Labute approximate surface area is 141 Å². The SMILES string of the molecule is COCOc1ccc(C(=O)/C=C/c2ccc(OC)cc2OC)cc1. The zero-order valence-corrected chi connectivity index (χ0v) is 13.9. The minimum atomic E-state index is -0.105. The summed E-state index contributed by atoms with van der Waals surface area (Å²) in [6.45, 7) is 0.171. The Hall–Kier alpha value is -2.79. The maximum Gasteiger partial charge on any atom is 0.188 e. The van der Waals surface area contributed by atoms with Gasteiger partial charge in [0.1, 0.15) is 17.2 Å². The molecule has 2 aromatic carbocycles. The van der Waals surface area contributed by atoms with Gasteiger partial charge in [0, 0.05) is 24.3 Å². The number of allylic oxidation sites excluding steroid dienone is 1. The minimum Gasteiger partial charge on any atom is -0.497 e. The van der Waals surface area contributed by atoms with E-state index >= 15 is 0 Å². The molecular formula is C19H20O5. The Bertz CT molecular complexity index is 704. The van der Waals surface area contributed by atoms with Crippen LogP contribution in [0, 0.1) is 0 Å². The van der Waals surface area contributed by atoms with Crippen LogP contribution in [0.15, 0.2) is 48.5 Å². The summed E-state index contributed by atoms with van der Waals surface area (Å²) in [5.74, 6) is 1.88. The molecule has 0 aliphatic carbocycles. The van der Waals surface area contributed by atoms with Crippen LogP contribution in [0.25, 0.3) is 6.08 Å². The van der Waals surface area contributed by atoms with E-state index in [1.54, 1.807) is 57.7 Å². The molecule has 2 aromatic rings. The third-order valence-corrected chi connectivity index (χ3v) is 3.34. The molecule has 0 radical (unpaired) electrons. The molecule has 2 rings (SSSR count). The van der Waals surface area contributed by atoms with Crippen molar-refractivity contribution >= 4 is 11.9 Å². The first-order valence-electron chi connectivity index (χ1n) is 7.34. The van der Waals surface area contributed by atoms with E-state index in [1.165, 1.54) is 6.08 Å². The highest BCUT2D eigenvalue weighted by molar-refractivity contribution is 6.07. The molecule has 0 atom stereocenters. The van der Waals surface area contributed by atoms with Gasteiger partial charge in [-0.2, -0.15) is 0 Å². The summed E-state index contributed by atoms with van der Waals surface area (Å²) in [4.78, 5) is 12.2. The summed E-state index contributed by atoms with van der Waals surface area (Å²) < 4.78 is 20.6. The Morgan fingerprint density at radius 1 is 0.958 bits per heavy atom. The summed E-state index contributed by atoms with van der Waals surface area (Å²) in [7, 11) is 4.72. The van der Waals surface area contributed by atoms with Crippen LogP contribution >= 0.6 is 0 Å². The van der Waals surface area contributed by atoms with Crippen LogP contribution in [0.4, 0.5) is 0 Å². The van der Waals surface area contributed by atoms with Crippen molar-refractivity contribution in [3.63, 3.8) is 0 Å². The van der Waals surface area contributed by atoms with Gasteiger partial charge in [-0.05, 0) is 48.6 Å². The summed E-state index contributed by atoms with van der Waals surface area (Å²) >= 11 is 0. The Morgan fingerprint density at radius 3 is 2.29 bits per heavy atom. The smallest absolute Gasteiger partial charge is 0.188 e. The molecule has 0 aliphatic heterocycles. The predicted octanol–water partition coefficient (Wildman–Crippen LogP) is 3.58. The van der Waals surface area contributed by atoms with E-state index in [0.717, 1.165) is 5.56 Å². The number of methoxy groups -OCH3 is 3. The van der Waals surface area contributed by atoms with Crippen LogP contribution in [0.3, 0.4) is 0 Å². The molecule has 0 saturated carbocycles. The Morgan fingerprint density at radius 2 is 1.67 bits per heavy atom. The second kappa shape index (κ2) is 8.74. The van der Waals surface area contributed by atoms with Gasteiger partial charge < -0.3 is 18.9 Å². The summed E-state index contributed by atoms with van der Waals surface area (Å²) in [6, 6.07) is 12.3. The van der Waals surface area contributed by atoms with E-state index in [1.807, 2.05) is 12.1 Å². The van der Waals surface area contributed by atoms with Crippen LogP contribution in [-0.4, -0.2) is 33.9 Å². The molecule has 5 heteroatoms. The number of rotatable bonds is 8. The van der Waals surface area contributed by atoms with Gasteiger partial charge in [0.2, 0.25) is 0 Å². The van der Waals surface area contributed by atoms with Crippen LogP contribution < -0.4 is 14.2 Å². The Balaban J connectivity index is 2.10. The molecule has 0 amide bonds. The first-order chi connectivity index (χ1) is 11.7. The van der Waals surface area contributed by atoms with Crippen molar-refractivity contribution in [3.05, 3.63) is 59.7 Å². The van der Waals surface area contributed by atoms with Gasteiger partial charge in [-0.15, -0.1) is 0 Å². The lowest BCUT2D eigenvalue weighted by molar-refractivity contribution is 0.0511. The molecule has 24 heavy (non-hydrogen) atoms. The molecule has 0 saturated heterocycles. The van der Waals surface area contributed by atoms with Crippen molar-refractivity contribution in [2.75, 3.05) is 28.1 Å². The highest BCUT2D eigenvalue weighted by atomic mass is 16.7. The molecule has 5 nitrogen and oxygen atoms in total. The van der Waals surface area contributed by atoms with E-state index < -0.39 is 0 Å². The van der Waals surface area contributed by atoms with E-state index in [-0.39, 0.29) is 12.6 Å². The minimum absolute atomic E-state index is 0.105. The lowest BCUT2D eigenvalue weighted by atomic mass is 10.1. The van der Waals surface area contributed by atoms with Gasteiger partial charge in [-0.1, -0.05) is 0 Å². The number of hydrogen-bond acceptors (Lipinski definition) is 5. The molecular weight excluding hydrogens is 308 g/mol. The van der Waals surface area contributed by atoms with E-state index in [9.17, 15) is 4.79 Å². The first-order valence-corrected chi connectivity index (χ1v) is 7.34. The lowest BCUT2D eigenvalue weighted by Gasteiger charge is -2.07. The fourth-order valence-corrected chi connectivity index (χ4v) is 2.06. The highest BCUT2D eigenvalue weighted by Crippen LogP contribution is 2.25. The maximum atomic E-state index is 12.2. The third kappa shape index (κ3) is 4.60. The normalized spacial score (nSPS) is 10.6. The largest absolute Gasteiger partial charge is 0.497 e. The van der Waals surface area contributed by atoms with Crippen molar-refractivity contribution in [1.82, 2.24) is 0 Å². The monoisotopic (exact) mass is 328 g/mol. The molecule has 0 aliphatic rings. The van der Waals surface area contributed by atoms with Crippen molar-refractivity contribution in [3.8, 4) is 17.2 Å². The van der Waals surface area contributed by atoms with Crippen LogP contribution in [0.2, 0.25) is 0 Å². The standard InChI is InChI=1S/C19H20O5/c1-21-13-24-16-8-4-14(5-9-16)18(20)11-7-15-6-10-17(22-2)12-19(15)23-3/h4-12H,13H2,1-3H3/b11-7+. The fraction of sp³-hybridized carbons (Fsp3) is 0.211. The van der Waals surface area contributed by atoms with Crippen molar-refractivity contribution in [2.24, 2.45) is 0 Å². The van der Waals surface area contributed by atoms with Gasteiger partial charge in [0.25, 0.3) is 0 Å². The van der Waals surface area contributed by atoms with E-state index in [0.29, 0.717) is 22.8 Å². The molecule has 0 aromatic heterocycles. The lowest BCUT2D eigenvalue weighted by Crippen LogP contribution is -1.99. The average Bonchev–Trinajstić information content (AvgIpc) is 2.64.